The van der Waals surface area contributed by atoms with Crippen molar-refractivity contribution in [3.8, 4) is 0 Å². The van der Waals surface area contributed by atoms with E-state index in [4.69, 9.17) is 0 Å². The van der Waals surface area contributed by atoms with Gasteiger partial charge in [0.15, 0.2) is 0 Å². The van der Waals surface area contributed by atoms with Gasteiger partial charge in [0.25, 0.3) is 11.8 Å². The van der Waals surface area contributed by atoms with Crippen molar-refractivity contribution in [2.45, 2.75) is 25.7 Å². The summed E-state index contributed by atoms with van der Waals surface area (Å²) in [6.45, 7) is 4.09. The van der Waals surface area contributed by atoms with Crippen LogP contribution in [0.15, 0.2) is 67.1 Å². The van der Waals surface area contributed by atoms with Gasteiger partial charge in [0.1, 0.15) is 12.1 Å². The first kappa shape index (κ1) is 22.6. The average molecular weight is 444 g/mol. The highest BCUT2D eigenvalue weighted by atomic mass is 16.2. The highest BCUT2D eigenvalue weighted by molar-refractivity contribution is 6.03. The lowest BCUT2D eigenvalue weighted by Crippen LogP contribution is -2.28. The Morgan fingerprint density at radius 3 is 2.27 bits per heavy atom. The fraction of sp³-hybridized carbons (Fsp3) is 0.308. The van der Waals surface area contributed by atoms with E-state index in [1.165, 1.54) is 32.3 Å². The molecule has 0 saturated carbocycles. The number of anilines is 1. The van der Waals surface area contributed by atoms with Crippen LogP contribution in [0.25, 0.3) is 0 Å². The third-order valence-corrected chi connectivity index (χ3v) is 5.75. The van der Waals surface area contributed by atoms with E-state index in [9.17, 15) is 9.59 Å². The van der Waals surface area contributed by atoms with E-state index in [0.29, 0.717) is 29.9 Å². The monoisotopic (exact) mass is 443 g/mol. The van der Waals surface area contributed by atoms with E-state index < -0.39 is 0 Å². The molecule has 33 heavy (non-hydrogen) atoms. The second kappa shape index (κ2) is 11.3. The highest BCUT2D eigenvalue weighted by Crippen LogP contribution is 2.15. The molecular formula is C26H29N5O2. The molecule has 1 aliphatic rings. The summed E-state index contributed by atoms with van der Waals surface area (Å²) >= 11 is 0. The van der Waals surface area contributed by atoms with E-state index >= 15 is 0 Å². The molecule has 3 aromatic rings. The lowest BCUT2D eigenvalue weighted by molar-refractivity contribution is 0.0951. The van der Waals surface area contributed by atoms with E-state index in [-0.39, 0.29) is 11.8 Å². The molecule has 7 nitrogen and oxygen atoms in total. The molecule has 2 amide bonds. The van der Waals surface area contributed by atoms with Gasteiger partial charge in [-0.3, -0.25) is 9.59 Å². The third-order valence-electron chi connectivity index (χ3n) is 5.75. The molecule has 1 aromatic heterocycles. The molecule has 0 radical (unpaired) electrons. The smallest absolute Gasteiger partial charge is 0.256 e. The van der Waals surface area contributed by atoms with Crippen LogP contribution in [0.4, 0.5) is 5.82 Å². The first-order valence-corrected chi connectivity index (χ1v) is 11.4. The van der Waals surface area contributed by atoms with Crippen molar-refractivity contribution in [1.29, 1.82) is 0 Å². The summed E-state index contributed by atoms with van der Waals surface area (Å²) in [6.07, 6.45) is 7.14. The van der Waals surface area contributed by atoms with Gasteiger partial charge in [-0.2, -0.15) is 0 Å². The Bertz CT molecular complexity index is 1080. The van der Waals surface area contributed by atoms with Crippen molar-refractivity contribution in [3.05, 3.63) is 89.4 Å². The van der Waals surface area contributed by atoms with E-state index in [1.54, 1.807) is 18.3 Å². The molecule has 0 aliphatic carbocycles. The van der Waals surface area contributed by atoms with Crippen molar-refractivity contribution < 1.29 is 9.59 Å². The molecule has 4 rings (SSSR count). The summed E-state index contributed by atoms with van der Waals surface area (Å²) in [4.78, 5) is 35.4. The van der Waals surface area contributed by atoms with Crippen LogP contribution in [0.3, 0.4) is 0 Å². The van der Waals surface area contributed by atoms with Gasteiger partial charge in [-0.25, -0.2) is 9.97 Å². The van der Waals surface area contributed by atoms with Crippen LogP contribution in [0, 0.1) is 0 Å². The van der Waals surface area contributed by atoms with Crippen LogP contribution in [-0.2, 0) is 6.42 Å². The minimum Gasteiger partial charge on any atom is -0.352 e. The van der Waals surface area contributed by atoms with Crippen molar-refractivity contribution in [2.24, 2.45) is 0 Å². The molecular weight excluding hydrogens is 414 g/mol. The minimum atomic E-state index is -0.224. The molecule has 1 fully saturated rings. The summed E-state index contributed by atoms with van der Waals surface area (Å²) in [5.41, 5.74) is 3.23. The van der Waals surface area contributed by atoms with Crippen molar-refractivity contribution >= 4 is 17.6 Å². The fourth-order valence-electron chi connectivity index (χ4n) is 4.05. The Morgan fingerprint density at radius 2 is 1.61 bits per heavy atom. The van der Waals surface area contributed by atoms with Gasteiger partial charge in [0, 0.05) is 23.9 Å². The van der Waals surface area contributed by atoms with Crippen molar-refractivity contribution in [1.82, 2.24) is 20.2 Å². The van der Waals surface area contributed by atoms with Crippen LogP contribution in [-0.4, -0.2) is 52.9 Å². The zero-order valence-electron chi connectivity index (χ0n) is 18.7. The highest BCUT2D eigenvalue weighted by Gasteiger charge is 2.12. The van der Waals surface area contributed by atoms with Gasteiger partial charge in [-0.05, 0) is 86.8 Å². The van der Waals surface area contributed by atoms with Gasteiger partial charge >= 0.3 is 0 Å². The van der Waals surface area contributed by atoms with E-state index in [1.807, 2.05) is 42.5 Å². The predicted molar refractivity (Wildman–Crippen MR) is 128 cm³/mol. The zero-order valence-corrected chi connectivity index (χ0v) is 18.7. The van der Waals surface area contributed by atoms with Crippen LogP contribution in [0.5, 0.6) is 0 Å². The maximum atomic E-state index is 12.6. The second-order valence-corrected chi connectivity index (χ2v) is 8.28. The number of hydrogen-bond donors (Lipinski definition) is 2. The third kappa shape index (κ3) is 6.70. The SMILES string of the molecule is O=C(NCCCN1CCCC1)c1cccc(Cc2cccc(C(=O)Nc3ccncn3)c2)c1. The predicted octanol–water partition coefficient (Wildman–Crippen LogP) is 3.54. The Hall–Kier alpha value is -3.58. The van der Waals surface area contributed by atoms with E-state index in [2.05, 4.69) is 25.5 Å². The van der Waals surface area contributed by atoms with Gasteiger partial charge in [0.05, 0.1) is 0 Å². The normalized spacial score (nSPS) is 13.6. The molecule has 0 spiro atoms. The Balaban J connectivity index is 1.32. The second-order valence-electron chi connectivity index (χ2n) is 8.28. The van der Waals surface area contributed by atoms with Gasteiger partial charge in [0.2, 0.25) is 0 Å². The number of carbonyl (C=O) groups is 2. The topological polar surface area (TPSA) is 87.2 Å². The van der Waals surface area contributed by atoms with E-state index in [0.717, 1.165) is 24.1 Å². The summed E-state index contributed by atoms with van der Waals surface area (Å²) in [7, 11) is 0. The molecule has 7 heteroatoms. The number of hydrogen-bond acceptors (Lipinski definition) is 5. The molecule has 2 N–H and O–H groups in total. The van der Waals surface area contributed by atoms with Gasteiger partial charge in [-0.1, -0.05) is 24.3 Å². The molecule has 0 unspecified atom stereocenters. The zero-order chi connectivity index (χ0) is 22.9. The number of benzene rings is 2. The average Bonchev–Trinajstić information content (AvgIpc) is 3.36. The molecule has 1 aliphatic heterocycles. The number of nitrogens with one attached hydrogen (secondary N) is 2. The summed E-state index contributed by atoms with van der Waals surface area (Å²) in [5, 5.41) is 5.80. The Kier molecular flexibility index (Phi) is 7.76. The molecule has 0 bridgehead atoms. The lowest BCUT2D eigenvalue weighted by atomic mass is 10.0. The largest absolute Gasteiger partial charge is 0.352 e. The number of nitrogens with zero attached hydrogens (tertiary/aromatic N) is 3. The number of amides is 2. The molecule has 2 heterocycles. The lowest BCUT2D eigenvalue weighted by Gasteiger charge is -2.14. The Labute approximate surface area is 194 Å². The number of rotatable bonds is 9. The standard InChI is InChI=1S/C26H29N5O2/c32-25(28-11-5-15-31-13-1-2-14-31)22-8-3-6-20(17-22)16-21-7-4-9-23(18-21)26(33)30-24-10-12-27-19-29-24/h3-4,6-10,12,17-19H,1-2,5,11,13-16H2,(H,28,32)(H,27,29,30,33). The quantitative estimate of drug-likeness (QED) is 0.494. The first-order valence-electron chi connectivity index (χ1n) is 11.4. The van der Waals surface area contributed by atoms with Crippen LogP contribution in [0.2, 0.25) is 0 Å². The molecule has 1 saturated heterocycles. The molecule has 170 valence electrons. The van der Waals surface area contributed by atoms with Gasteiger partial charge < -0.3 is 15.5 Å². The summed E-state index contributed by atoms with van der Waals surface area (Å²) < 4.78 is 0. The van der Waals surface area contributed by atoms with Crippen LogP contribution >= 0.6 is 0 Å². The van der Waals surface area contributed by atoms with Crippen molar-refractivity contribution in [2.75, 3.05) is 31.5 Å². The Morgan fingerprint density at radius 1 is 0.909 bits per heavy atom. The fourth-order valence-corrected chi connectivity index (χ4v) is 4.05. The number of likely N-dealkylation sites (tertiary alicyclic amines) is 1. The van der Waals surface area contributed by atoms with Crippen LogP contribution in [0.1, 0.15) is 51.1 Å². The number of carbonyl (C=O) groups excluding carboxylic acids is 2. The molecule has 2 aromatic carbocycles. The maximum Gasteiger partial charge on any atom is 0.256 e. The minimum absolute atomic E-state index is 0.0451. The van der Waals surface area contributed by atoms with Crippen molar-refractivity contribution in [3.63, 3.8) is 0 Å². The maximum absolute atomic E-state index is 12.6. The van der Waals surface area contributed by atoms with Crippen LogP contribution < -0.4 is 10.6 Å². The summed E-state index contributed by atoms with van der Waals surface area (Å²) in [6, 6.07) is 16.8. The summed E-state index contributed by atoms with van der Waals surface area (Å²) in [5.74, 6) is 0.188. The number of aromatic nitrogens is 2. The van der Waals surface area contributed by atoms with Gasteiger partial charge in [-0.15, -0.1) is 0 Å². The molecule has 0 atom stereocenters. The first-order chi connectivity index (χ1) is 16.2.